The van der Waals surface area contributed by atoms with Crippen molar-refractivity contribution in [1.82, 2.24) is 4.57 Å². The molecular formula is C18H25N3O3. The first-order valence-corrected chi connectivity index (χ1v) is 8.08. The Bertz CT molecular complexity index is 732. The van der Waals surface area contributed by atoms with Crippen molar-refractivity contribution in [3.63, 3.8) is 0 Å². The van der Waals surface area contributed by atoms with Gasteiger partial charge in [-0.25, -0.2) is 4.99 Å². The van der Waals surface area contributed by atoms with Gasteiger partial charge in [0, 0.05) is 24.5 Å². The molecule has 1 saturated heterocycles. The molecule has 1 aliphatic heterocycles. The smallest absolute Gasteiger partial charge is 0.164 e. The minimum absolute atomic E-state index is 0.0661. The number of nitrogens with zero attached hydrogens (tertiary/aromatic N) is 3. The number of aliphatic hydroxyl groups is 1. The zero-order chi connectivity index (χ0) is 17.7. The molecule has 6 heteroatoms. The summed E-state index contributed by atoms with van der Waals surface area (Å²) in [6, 6.07) is 1.85. The zero-order valence-electron chi connectivity index (χ0n) is 14.9. The average molecular weight is 331 g/mol. The van der Waals surface area contributed by atoms with Crippen molar-refractivity contribution in [1.29, 1.82) is 0 Å². The molecule has 0 unspecified atom stereocenters. The molecule has 0 bridgehead atoms. The molecule has 24 heavy (non-hydrogen) atoms. The molecule has 1 aromatic heterocycles. The normalized spacial score (nSPS) is 31.9. The van der Waals surface area contributed by atoms with Crippen molar-refractivity contribution in [2.45, 2.75) is 51.2 Å². The Morgan fingerprint density at radius 2 is 2.12 bits per heavy atom. The summed E-state index contributed by atoms with van der Waals surface area (Å²) < 4.78 is 14.3. The molecule has 130 valence electrons. The largest absolute Gasteiger partial charge is 0.392 e. The predicted octanol–water partition coefficient (Wildman–Crippen LogP) is 2.64. The molecule has 0 aromatic carbocycles. The molecule has 2 heterocycles. The Balaban J connectivity index is 2.09. The van der Waals surface area contributed by atoms with Crippen LogP contribution in [0.15, 0.2) is 33.9 Å². The highest BCUT2D eigenvalue weighted by Gasteiger charge is 2.58. The van der Waals surface area contributed by atoms with E-state index in [0.717, 1.165) is 22.7 Å². The molecule has 0 saturated carbocycles. The van der Waals surface area contributed by atoms with Gasteiger partial charge in [0.1, 0.15) is 17.5 Å². The van der Waals surface area contributed by atoms with Gasteiger partial charge >= 0.3 is 0 Å². The second-order valence-electron chi connectivity index (χ2n) is 6.92. The van der Waals surface area contributed by atoms with Crippen molar-refractivity contribution in [2.24, 2.45) is 9.98 Å². The molecule has 0 radical (unpaired) electrons. The number of ether oxygens (including phenoxy) is 2. The van der Waals surface area contributed by atoms with Crippen LogP contribution in [0.4, 0.5) is 5.82 Å². The van der Waals surface area contributed by atoms with Gasteiger partial charge in [0.15, 0.2) is 5.79 Å². The fourth-order valence-electron chi connectivity index (χ4n) is 3.80. The number of fused-ring (bicyclic) bond motifs is 1. The molecule has 1 aromatic rings. The fourth-order valence-corrected chi connectivity index (χ4v) is 3.80. The van der Waals surface area contributed by atoms with Crippen LogP contribution in [0.3, 0.4) is 0 Å². The van der Waals surface area contributed by atoms with E-state index in [0.29, 0.717) is 0 Å². The quantitative estimate of drug-likeness (QED) is 0.681. The molecular weight excluding hydrogens is 306 g/mol. The summed E-state index contributed by atoms with van der Waals surface area (Å²) in [7, 11) is 1.76. The molecule has 1 N–H and O–H groups in total. The summed E-state index contributed by atoms with van der Waals surface area (Å²) in [5.74, 6) is 0.0411. The first-order chi connectivity index (χ1) is 11.3. The Morgan fingerprint density at radius 3 is 2.71 bits per heavy atom. The lowest BCUT2D eigenvalue weighted by Crippen LogP contribution is -2.39. The number of aliphatic hydroxyl groups excluding tert-OH is 1. The molecule has 0 amide bonds. The Labute approximate surface area is 142 Å². The van der Waals surface area contributed by atoms with E-state index in [1.165, 1.54) is 0 Å². The molecule has 3 atom stereocenters. The van der Waals surface area contributed by atoms with Crippen LogP contribution < -0.4 is 0 Å². The summed E-state index contributed by atoms with van der Waals surface area (Å²) in [5, 5.41) is 9.80. The van der Waals surface area contributed by atoms with E-state index in [-0.39, 0.29) is 18.8 Å². The monoisotopic (exact) mass is 331 g/mol. The Kier molecular flexibility index (Phi) is 4.02. The van der Waals surface area contributed by atoms with Crippen molar-refractivity contribution < 1.29 is 14.6 Å². The molecule has 2 aliphatic rings. The summed E-state index contributed by atoms with van der Waals surface area (Å²) in [4.78, 5) is 8.46. The third-order valence-electron chi connectivity index (χ3n) is 4.99. The standard InChI is InChI=1S/C18H25N3O3/c1-11(19-5)13-7-8-21(16(13)20-6)14-9-12(10-22)18(4)15(14)23-17(2,3)24-18/h7-9,14-15,22H,6,10H2,1-5H3/t14-,15+,18-/m1/s1. The van der Waals surface area contributed by atoms with Gasteiger partial charge in [-0.2, -0.15) is 0 Å². The third kappa shape index (κ3) is 2.37. The van der Waals surface area contributed by atoms with Gasteiger partial charge in [-0.05, 0) is 46.1 Å². The highest BCUT2D eigenvalue weighted by Crippen LogP contribution is 2.51. The van der Waals surface area contributed by atoms with Crippen LogP contribution in [0.1, 0.15) is 39.3 Å². The lowest BCUT2D eigenvalue weighted by Gasteiger charge is -2.27. The van der Waals surface area contributed by atoms with E-state index >= 15 is 0 Å². The maximum Gasteiger partial charge on any atom is 0.164 e. The molecule has 1 aliphatic carbocycles. The number of aromatic nitrogens is 1. The van der Waals surface area contributed by atoms with Gasteiger partial charge in [-0.3, -0.25) is 4.99 Å². The van der Waals surface area contributed by atoms with Gasteiger partial charge in [0.25, 0.3) is 0 Å². The first-order valence-electron chi connectivity index (χ1n) is 8.08. The number of hydrogen-bond acceptors (Lipinski definition) is 5. The van der Waals surface area contributed by atoms with E-state index in [1.807, 2.05) is 50.6 Å². The molecule has 6 nitrogen and oxygen atoms in total. The number of rotatable bonds is 4. The highest BCUT2D eigenvalue weighted by molar-refractivity contribution is 6.02. The predicted molar refractivity (Wildman–Crippen MR) is 94.4 cm³/mol. The van der Waals surface area contributed by atoms with E-state index in [9.17, 15) is 5.11 Å². The van der Waals surface area contributed by atoms with Crippen molar-refractivity contribution >= 4 is 18.2 Å². The van der Waals surface area contributed by atoms with Crippen LogP contribution in [0.2, 0.25) is 0 Å². The number of hydrogen-bond donors (Lipinski definition) is 1. The van der Waals surface area contributed by atoms with Crippen LogP contribution in [-0.2, 0) is 9.47 Å². The van der Waals surface area contributed by atoms with Gasteiger partial charge in [-0.1, -0.05) is 6.08 Å². The second kappa shape index (κ2) is 5.65. The minimum atomic E-state index is -0.703. The summed E-state index contributed by atoms with van der Waals surface area (Å²) in [5.41, 5.74) is 2.01. The topological polar surface area (TPSA) is 68.3 Å². The maximum atomic E-state index is 9.80. The van der Waals surface area contributed by atoms with Gasteiger partial charge in [-0.15, -0.1) is 0 Å². The second-order valence-corrected chi connectivity index (χ2v) is 6.92. The van der Waals surface area contributed by atoms with Crippen LogP contribution in [0.5, 0.6) is 0 Å². The zero-order valence-corrected chi connectivity index (χ0v) is 14.9. The highest BCUT2D eigenvalue weighted by atomic mass is 16.8. The van der Waals surface area contributed by atoms with E-state index in [2.05, 4.69) is 16.7 Å². The van der Waals surface area contributed by atoms with Gasteiger partial charge in [0.05, 0.1) is 12.6 Å². The van der Waals surface area contributed by atoms with E-state index < -0.39 is 11.4 Å². The fraction of sp³-hybridized carbons (Fsp3) is 0.556. The maximum absolute atomic E-state index is 9.80. The van der Waals surface area contributed by atoms with Crippen LogP contribution in [0, 0.1) is 0 Å². The summed E-state index contributed by atoms with van der Waals surface area (Å²) >= 11 is 0. The lowest BCUT2D eigenvalue weighted by molar-refractivity contribution is -0.158. The SMILES string of the molecule is C=Nc1c(C(C)=NC)ccn1[C@@H]1C=C(CO)[C@@]2(C)OC(C)(C)O[C@@H]12. The average Bonchev–Trinajstić information content (AvgIpc) is 3.13. The van der Waals surface area contributed by atoms with Crippen LogP contribution in [-0.4, -0.2) is 53.2 Å². The summed E-state index contributed by atoms with van der Waals surface area (Å²) in [6.07, 6.45) is 3.73. The minimum Gasteiger partial charge on any atom is -0.392 e. The van der Waals surface area contributed by atoms with Crippen LogP contribution in [0.25, 0.3) is 0 Å². The van der Waals surface area contributed by atoms with Crippen molar-refractivity contribution in [2.75, 3.05) is 13.7 Å². The van der Waals surface area contributed by atoms with Gasteiger partial charge < -0.3 is 19.1 Å². The number of aliphatic imine (C=N–C) groups is 2. The van der Waals surface area contributed by atoms with E-state index in [4.69, 9.17) is 9.47 Å². The van der Waals surface area contributed by atoms with E-state index in [1.54, 1.807) is 7.05 Å². The lowest BCUT2D eigenvalue weighted by atomic mass is 9.95. The Morgan fingerprint density at radius 1 is 1.42 bits per heavy atom. The molecule has 0 spiro atoms. The van der Waals surface area contributed by atoms with Crippen molar-refractivity contribution in [3.8, 4) is 0 Å². The third-order valence-corrected chi connectivity index (χ3v) is 4.99. The summed E-state index contributed by atoms with van der Waals surface area (Å²) in [6.45, 7) is 11.4. The van der Waals surface area contributed by atoms with Crippen LogP contribution >= 0.6 is 0 Å². The molecule has 1 fully saturated rings. The Hall–Kier alpha value is -1.76. The van der Waals surface area contributed by atoms with Gasteiger partial charge in [0.2, 0.25) is 0 Å². The molecule has 3 rings (SSSR count). The van der Waals surface area contributed by atoms with Crippen molar-refractivity contribution in [3.05, 3.63) is 29.5 Å². The first kappa shape index (κ1) is 17.1.